The number of benzene rings is 1. The predicted molar refractivity (Wildman–Crippen MR) is 72.9 cm³/mol. The first-order valence-corrected chi connectivity index (χ1v) is 6.22. The first-order valence-electron chi connectivity index (χ1n) is 5.34. The number of anilines is 1. The highest BCUT2D eigenvalue weighted by Gasteiger charge is 2.13. The average Bonchev–Trinajstić information content (AvgIpc) is 2.92. The van der Waals surface area contributed by atoms with Crippen molar-refractivity contribution in [3.63, 3.8) is 0 Å². The summed E-state index contributed by atoms with van der Waals surface area (Å²) >= 11 is 1.23. The fourth-order valence-corrected chi connectivity index (χ4v) is 1.72. The molecule has 96 valence electrons. The van der Waals surface area contributed by atoms with Crippen molar-refractivity contribution in [2.75, 3.05) is 5.32 Å². The molecule has 7 heteroatoms. The van der Waals surface area contributed by atoms with Crippen molar-refractivity contribution >= 4 is 34.5 Å². The number of nitrogens with zero attached hydrogens (tertiary/aromatic N) is 2. The molecule has 1 heterocycles. The van der Waals surface area contributed by atoms with Crippen molar-refractivity contribution in [1.29, 1.82) is 0 Å². The predicted octanol–water partition coefficient (Wildman–Crippen LogP) is 1.23. The minimum absolute atomic E-state index is 0.368. The molecule has 2 aromatic rings. The number of rotatable bonds is 3. The molecule has 0 saturated heterocycles. The van der Waals surface area contributed by atoms with Gasteiger partial charge in [0.25, 0.3) is 0 Å². The summed E-state index contributed by atoms with van der Waals surface area (Å²) in [4.78, 5) is 26.7. The molecule has 0 atom stereocenters. The normalized spacial score (nSPS) is 10.3. The van der Waals surface area contributed by atoms with E-state index in [4.69, 9.17) is 0 Å². The second-order valence-electron chi connectivity index (χ2n) is 3.40. The number of hydrazone groups is 1. The number of nitrogens with one attached hydrogen (secondary N) is 2. The second-order valence-corrected chi connectivity index (χ2v) is 4.30. The zero-order chi connectivity index (χ0) is 13.5. The lowest BCUT2D eigenvalue weighted by Crippen LogP contribution is -2.32. The minimum Gasteiger partial charge on any atom is -0.294 e. The van der Waals surface area contributed by atoms with Gasteiger partial charge in [-0.05, 0) is 5.56 Å². The number of thiazole rings is 1. The van der Waals surface area contributed by atoms with Gasteiger partial charge in [-0.1, -0.05) is 30.3 Å². The summed E-state index contributed by atoms with van der Waals surface area (Å²) in [6.45, 7) is 0. The maximum absolute atomic E-state index is 11.4. The maximum Gasteiger partial charge on any atom is 0.329 e. The van der Waals surface area contributed by atoms with Crippen LogP contribution in [0.15, 0.2) is 47.0 Å². The SMILES string of the molecule is O=C(N/N=C\c1ccccc1)C(=O)Nc1nccs1. The van der Waals surface area contributed by atoms with Crippen molar-refractivity contribution in [2.24, 2.45) is 5.10 Å². The van der Waals surface area contributed by atoms with Crippen LogP contribution in [0.1, 0.15) is 5.56 Å². The molecule has 0 saturated carbocycles. The molecular formula is C12H10N4O2S. The molecule has 0 radical (unpaired) electrons. The van der Waals surface area contributed by atoms with Crippen molar-refractivity contribution in [3.05, 3.63) is 47.5 Å². The fourth-order valence-electron chi connectivity index (χ4n) is 1.19. The molecule has 2 rings (SSSR count). The maximum atomic E-state index is 11.4. The van der Waals surface area contributed by atoms with Crippen LogP contribution in [0.5, 0.6) is 0 Å². The smallest absolute Gasteiger partial charge is 0.294 e. The summed E-state index contributed by atoms with van der Waals surface area (Å²) in [5, 5.41) is 8.11. The quantitative estimate of drug-likeness (QED) is 0.501. The van der Waals surface area contributed by atoms with Gasteiger partial charge in [-0.25, -0.2) is 10.4 Å². The fraction of sp³-hybridized carbons (Fsp3) is 0. The van der Waals surface area contributed by atoms with Gasteiger partial charge in [0, 0.05) is 11.6 Å². The largest absolute Gasteiger partial charge is 0.329 e. The van der Waals surface area contributed by atoms with Crippen LogP contribution >= 0.6 is 11.3 Å². The van der Waals surface area contributed by atoms with Crippen LogP contribution in [-0.4, -0.2) is 23.0 Å². The summed E-state index contributed by atoms with van der Waals surface area (Å²) in [6, 6.07) is 9.21. The highest BCUT2D eigenvalue weighted by atomic mass is 32.1. The van der Waals surface area contributed by atoms with Crippen LogP contribution < -0.4 is 10.7 Å². The zero-order valence-corrected chi connectivity index (χ0v) is 10.6. The first kappa shape index (κ1) is 12.9. The van der Waals surface area contributed by atoms with Crippen LogP contribution in [-0.2, 0) is 9.59 Å². The van der Waals surface area contributed by atoms with Crippen LogP contribution in [0.2, 0.25) is 0 Å². The van der Waals surface area contributed by atoms with Gasteiger partial charge >= 0.3 is 11.8 Å². The summed E-state index contributed by atoms with van der Waals surface area (Å²) in [5.41, 5.74) is 2.96. The molecule has 0 unspecified atom stereocenters. The Labute approximate surface area is 113 Å². The van der Waals surface area contributed by atoms with Gasteiger partial charge < -0.3 is 0 Å². The van der Waals surface area contributed by atoms with Gasteiger partial charge in [0.2, 0.25) is 0 Å². The van der Waals surface area contributed by atoms with Gasteiger partial charge in [-0.2, -0.15) is 5.10 Å². The monoisotopic (exact) mass is 274 g/mol. The van der Waals surface area contributed by atoms with E-state index in [1.54, 1.807) is 5.38 Å². The number of hydrogen-bond donors (Lipinski definition) is 2. The Kier molecular flexibility index (Phi) is 4.35. The molecule has 0 aliphatic heterocycles. The lowest BCUT2D eigenvalue weighted by molar-refractivity contribution is -0.136. The molecule has 1 aromatic carbocycles. The number of aromatic nitrogens is 1. The van der Waals surface area contributed by atoms with E-state index in [9.17, 15) is 9.59 Å². The molecule has 0 aliphatic carbocycles. The van der Waals surface area contributed by atoms with Gasteiger partial charge in [0.15, 0.2) is 5.13 Å². The van der Waals surface area contributed by atoms with E-state index in [-0.39, 0.29) is 0 Å². The Morgan fingerprint density at radius 3 is 2.68 bits per heavy atom. The molecule has 0 spiro atoms. The standard InChI is InChI=1S/C12H10N4O2S/c17-10(15-12-13-6-7-19-12)11(18)16-14-8-9-4-2-1-3-5-9/h1-8H,(H,16,18)(H,13,15,17)/b14-8-. The number of carbonyl (C=O) groups excluding carboxylic acids is 2. The summed E-state index contributed by atoms with van der Waals surface area (Å²) in [5.74, 6) is -1.65. The van der Waals surface area contributed by atoms with Crippen molar-refractivity contribution in [2.45, 2.75) is 0 Å². The Hall–Kier alpha value is -2.54. The molecule has 1 aromatic heterocycles. The lowest BCUT2D eigenvalue weighted by Gasteiger charge is -1.99. The molecule has 2 amide bonds. The summed E-state index contributed by atoms with van der Waals surface area (Å²) in [6.07, 6.45) is 2.99. The molecule has 0 aliphatic rings. The molecule has 2 N–H and O–H groups in total. The van der Waals surface area contributed by atoms with Crippen LogP contribution in [0.25, 0.3) is 0 Å². The van der Waals surface area contributed by atoms with Gasteiger partial charge in [-0.15, -0.1) is 11.3 Å². The Morgan fingerprint density at radius 1 is 1.21 bits per heavy atom. The van der Waals surface area contributed by atoms with E-state index in [0.717, 1.165) is 5.56 Å². The third kappa shape index (κ3) is 4.00. The van der Waals surface area contributed by atoms with Crippen molar-refractivity contribution in [1.82, 2.24) is 10.4 Å². The van der Waals surface area contributed by atoms with Crippen LogP contribution in [0.3, 0.4) is 0 Å². The molecule has 0 bridgehead atoms. The number of amides is 2. The zero-order valence-electron chi connectivity index (χ0n) is 9.74. The third-order valence-corrected chi connectivity index (χ3v) is 2.73. The van der Waals surface area contributed by atoms with Gasteiger partial charge in [0.1, 0.15) is 0 Å². The third-order valence-electron chi connectivity index (χ3n) is 2.04. The summed E-state index contributed by atoms with van der Waals surface area (Å²) in [7, 11) is 0. The van der Waals surface area contributed by atoms with Gasteiger partial charge in [0.05, 0.1) is 6.21 Å². The van der Waals surface area contributed by atoms with E-state index in [2.05, 4.69) is 20.8 Å². The minimum atomic E-state index is -0.845. The van der Waals surface area contributed by atoms with E-state index in [1.165, 1.54) is 23.7 Å². The average molecular weight is 274 g/mol. The Bertz CT molecular complexity index is 581. The molecular weight excluding hydrogens is 264 g/mol. The molecule has 0 fully saturated rings. The van der Waals surface area contributed by atoms with Crippen LogP contribution in [0.4, 0.5) is 5.13 Å². The molecule has 19 heavy (non-hydrogen) atoms. The highest BCUT2D eigenvalue weighted by Crippen LogP contribution is 2.09. The van der Waals surface area contributed by atoms with Gasteiger partial charge in [-0.3, -0.25) is 14.9 Å². The van der Waals surface area contributed by atoms with E-state index in [0.29, 0.717) is 5.13 Å². The highest BCUT2D eigenvalue weighted by molar-refractivity contribution is 7.13. The number of hydrogen-bond acceptors (Lipinski definition) is 5. The Morgan fingerprint density at radius 2 is 2.00 bits per heavy atom. The summed E-state index contributed by atoms with van der Waals surface area (Å²) < 4.78 is 0. The van der Waals surface area contributed by atoms with E-state index in [1.807, 2.05) is 30.3 Å². The second kappa shape index (κ2) is 6.41. The Balaban J connectivity index is 1.84. The lowest BCUT2D eigenvalue weighted by atomic mass is 10.2. The number of carbonyl (C=O) groups is 2. The van der Waals surface area contributed by atoms with Crippen molar-refractivity contribution < 1.29 is 9.59 Å². The van der Waals surface area contributed by atoms with E-state index >= 15 is 0 Å². The first-order chi connectivity index (χ1) is 9.25. The van der Waals surface area contributed by atoms with Crippen LogP contribution in [0, 0.1) is 0 Å². The molecule has 6 nitrogen and oxygen atoms in total. The van der Waals surface area contributed by atoms with E-state index < -0.39 is 11.8 Å². The topological polar surface area (TPSA) is 83.5 Å². The van der Waals surface area contributed by atoms with Crippen molar-refractivity contribution in [3.8, 4) is 0 Å².